The number of hydrogen-bond acceptors (Lipinski definition) is 0. The van der Waals surface area contributed by atoms with Gasteiger partial charge >= 0.3 is 0 Å². The van der Waals surface area contributed by atoms with Crippen LogP contribution in [0.25, 0.3) is 0 Å². The number of rotatable bonds is 6. The summed E-state index contributed by atoms with van der Waals surface area (Å²) in [4.78, 5) is 0. The minimum Gasteiger partial charge on any atom is -0.0998 e. The molecule has 1 aromatic carbocycles. The van der Waals surface area contributed by atoms with Crippen molar-refractivity contribution >= 4 is 0 Å². The summed E-state index contributed by atoms with van der Waals surface area (Å²) in [5.74, 6) is 3.77. The summed E-state index contributed by atoms with van der Waals surface area (Å²) in [6.45, 7) is 21.6. The van der Waals surface area contributed by atoms with Crippen molar-refractivity contribution in [2.45, 2.75) is 92.9 Å². The van der Waals surface area contributed by atoms with E-state index < -0.39 is 0 Å². The van der Waals surface area contributed by atoms with E-state index in [2.05, 4.69) is 79.3 Å². The molecule has 6 unspecified atom stereocenters. The molecule has 0 heteroatoms. The zero-order valence-corrected chi connectivity index (χ0v) is 19.6. The summed E-state index contributed by atoms with van der Waals surface area (Å²) in [5, 5.41) is 0. The monoisotopic (exact) mass is 380 g/mol. The lowest BCUT2D eigenvalue weighted by atomic mass is 9.48. The Balaban J connectivity index is 2.04. The number of aryl methyl sites for hydroxylation is 1. The van der Waals surface area contributed by atoms with Crippen LogP contribution in [0.4, 0.5) is 0 Å². The van der Waals surface area contributed by atoms with E-state index in [4.69, 9.17) is 0 Å². The normalized spacial score (nSPS) is 35.6. The summed E-state index contributed by atoms with van der Waals surface area (Å²) < 4.78 is 0. The van der Waals surface area contributed by atoms with Crippen molar-refractivity contribution in [2.24, 2.45) is 34.5 Å². The van der Waals surface area contributed by atoms with Gasteiger partial charge in [0.1, 0.15) is 0 Å². The van der Waals surface area contributed by atoms with Crippen LogP contribution in [-0.2, 0) is 0 Å². The first-order valence-corrected chi connectivity index (χ1v) is 11.8. The number of fused-ring (bicyclic) bond motifs is 1. The van der Waals surface area contributed by atoms with E-state index in [0.717, 1.165) is 17.8 Å². The van der Waals surface area contributed by atoms with Gasteiger partial charge < -0.3 is 0 Å². The summed E-state index contributed by atoms with van der Waals surface area (Å²) in [6, 6.07) is 9.53. The predicted molar refractivity (Wildman–Crippen MR) is 124 cm³/mol. The Hall–Kier alpha value is -1.04. The first-order chi connectivity index (χ1) is 13.1. The average molecular weight is 381 g/mol. The Kier molecular flexibility index (Phi) is 6.19. The van der Waals surface area contributed by atoms with E-state index in [-0.39, 0.29) is 0 Å². The molecule has 0 saturated heterocycles. The van der Waals surface area contributed by atoms with Gasteiger partial charge in [0.15, 0.2) is 0 Å². The standard InChI is InChI=1S/C28H44/c1-9-10-17-27(6,7)26-21(5)25-16-15-24(19(2)3)28(25,8)18-23(26)22-13-11-20(4)12-14-22/h11-14,21,23-26H,2,9-10,15-18H2,1,3-8H3. The molecule has 28 heavy (non-hydrogen) atoms. The topological polar surface area (TPSA) is 0 Å². The molecule has 0 bridgehead atoms. The Morgan fingerprint density at radius 3 is 2.39 bits per heavy atom. The van der Waals surface area contributed by atoms with Crippen molar-refractivity contribution in [1.29, 1.82) is 0 Å². The zero-order chi connectivity index (χ0) is 20.7. The van der Waals surface area contributed by atoms with Crippen LogP contribution in [0.2, 0.25) is 0 Å². The highest BCUT2D eigenvalue weighted by Gasteiger charge is 2.58. The van der Waals surface area contributed by atoms with E-state index >= 15 is 0 Å². The smallest absolute Gasteiger partial charge is 0.0120 e. The maximum absolute atomic E-state index is 4.42. The second-order valence-electron chi connectivity index (χ2n) is 11.3. The summed E-state index contributed by atoms with van der Waals surface area (Å²) in [5.41, 5.74) is 5.19. The fourth-order valence-electron chi connectivity index (χ4n) is 7.64. The Morgan fingerprint density at radius 1 is 1.18 bits per heavy atom. The molecule has 156 valence electrons. The maximum atomic E-state index is 4.42. The minimum atomic E-state index is 0.396. The van der Waals surface area contributed by atoms with Gasteiger partial charge in [0, 0.05) is 0 Å². The molecule has 3 rings (SSSR count). The van der Waals surface area contributed by atoms with Gasteiger partial charge in [-0.15, -0.1) is 0 Å². The Labute approximate surface area is 175 Å². The van der Waals surface area contributed by atoms with Crippen LogP contribution < -0.4 is 0 Å². The van der Waals surface area contributed by atoms with Crippen molar-refractivity contribution in [1.82, 2.24) is 0 Å². The molecular formula is C28H44. The van der Waals surface area contributed by atoms with Gasteiger partial charge in [-0.2, -0.15) is 0 Å². The van der Waals surface area contributed by atoms with Crippen molar-refractivity contribution in [3.8, 4) is 0 Å². The van der Waals surface area contributed by atoms with Crippen molar-refractivity contribution < 1.29 is 0 Å². The predicted octanol–water partition coefficient (Wildman–Crippen LogP) is 8.56. The second kappa shape index (κ2) is 8.00. The molecule has 2 fully saturated rings. The Morgan fingerprint density at radius 2 is 1.82 bits per heavy atom. The van der Waals surface area contributed by atoms with E-state index in [1.807, 2.05) is 0 Å². The maximum Gasteiger partial charge on any atom is -0.0120 e. The van der Waals surface area contributed by atoms with Crippen LogP contribution in [0.15, 0.2) is 36.4 Å². The van der Waals surface area contributed by atoms with Crippen LogP contribution >= 0.6 is 0 Å². The van der Waals surface area contributed by atoms with E-state index in [9.17, 15) is 0 Å². The Bertz CT molecular complexity index is 678. The van der Waals surface area contributed by atoms with Crippen molar-refractivity contribution in [2.75, 3.05) is 0 Å². The number of allylic oxidation sites excluding steroid dienone is 1. The summed E-state index contributed by atoms with van der Waals surface area (Å²) in [7, 11) is 0. The fourth-order valence-corrected chi connectivity index (χ4v) is 7.64. The molecule has 1 aromatic rings. The van der Waals surface area contributed by atoms with Gasteiger partial charge in [-0.25, -0.2) is 0 Å². The summed E-state index contributed by atoms with van der Waals surface area (Å²) in [6.07, 6.45) is 8.10. The lowest BCUT2D eigenvalue weighted by Gasteiger charge is -2.56. The van der Waals surface area contributed by atoms with Crippen LogP contribution in [0.5, 0.6) is 0 Å². The summed E-state index contributed by atoms with van der Waals surface area (Å²) >= 11 is 0. The van der Waals surface area contributed by atoms with Gasteiger partial charge in [0.05, 0.1) is 0 Å². The molecule has 0 aliphatic heterocycles. The van der Waals surface area contributed by atoms with Crippen LogP contribution in [-0.4, -0.2) is 0 Å². The van der Waals surface area contributed by atoms with E-state index in [0.29, 0.717) is 22.7 Å². The largest absolute Gasteiger partial charge is 0.0998 e. The van der Waals surface area contributed by atoms with Gasteiger partial charge in [-0.05, 0) is 85.5 Å². The van der Waals surface area contributed by atoms with Gasteiger partial charge in [0.2, 0.25) is 0 Å². The lowest BCUT2D eigenvalue weighted by Crippen LogP contribution is -2.48. The highest BCUT2D eigenvalue weighted by atomic mass is 14.6. The first kappa shape index (κ1) is 21.7. The molecule has 0 aromatic heterocycles. The third kappa shape index (κ3) is 3.73. The number of benzene rings is 1. The molecule has 0 heterocycles. The third-order valence-corrected chi connectivity index (χ3v) is 8.88. The van der Waals surface area contributed by atoms with Crippen molar-refractivity contribution in [3.63, 3.8) is 0 Å². The molecule has 2 saturated carbocycles. The SMILES string of the molecule is C=C(C)C1CCC2C(C)C(C(C)(C)CCCC)C(c3ccc(C)cc3)CC12C. The van der Waals surface area contributed by atoms with Gasteiger partial charge in [-0.3, -0.25) is 0 Å². The molecule has 0 nitrogen and oxygen atoms in total. The molecule has 0 N–H and O–H groups in total. The molecule has 0 radical (unpaired) electrons. The lowest BCUT2D eigenvalue weighted by molar-refractivity contribution is -0.0407. The van der Waals surface area contributed by atoms with Crippen LogP contribution in [0, 0.1) is 41.4 Å². The van der Waals surface area contributed by atoms with Crippen molar-refractivity contribution in [3.05, 3.63) is 47.5 Å². The molecule has 0 spiro atoms. The minimum absolute atomic E-state index is 0.396. The molecule has 0 amide bonds. The highest BCUT2D eigenvalue weighted by Crippen LogP contribution is 2.66. The zero-order valence-electron chi connectivity index (χ0n) is 19.6. The molecule has 2 aliphatic rings. The second-order valence-corrected chi connectivity index (χ2v) is 11.3. The average Bonchev–Trinajstić information content (AvgIpc) is 2.98. The van der Waals surface area contributed by atoms with E-state index in [1.54, 1.807) is 5.56 Å². The fraction of sp³-hybridized carbons (Fsp3) is 0.714. The van der Waals surface area contributed by atoms with Crippen LogP contribution in [0.3, 0.4) is 0 Å². The first-order valence-electron chi connectivity index (χ1n) is 11.8. The number of hydrogen-bond donors (Lipinski definition) is 0. The van der Waals surface area contributed by atoms with Gasteiger partial charge in [-0.1, -0.05) is 89.4 Å². The molecule has 2 aliphatic carbocycles. The van der Waals surface area contributed by atoms with E-state index in [1.165, 1.54) is 49.7 Å². The molecular weight excluding hydrogens is 336 g/mol. The van der Waals surface area contributed by atoms with Crippen LogP contribution in [0.1, 0.15) is 97.1 Å². The quantitative estimate of drug-likeness (QED) is 0.433. The molecule has 6 atom stereocenters. The highest BCUT2D eigenvalue weighted by molar-refractivity contribution is 5.28. The third-order valence-electron chi connectivity index (χ3n) is 8.88. The number of unbranched alkanes of at least 4 members (excludes halogenated alkanes) is 1. The van der Waals surface area contributed by atoms with Gasteiger partial charge in [0.25, 0.3) is 0 Å².